The summed E-state index contributed by atoms with van der Waals surface area (Å²) in [7, 11) is 0. The Morgan fingerprint density at radius 2 is 1.35 bits per heavy atom. The number of likely N-dealkylation sites (tertiary alicyclic amines) is 1. The Labute approximate surface area is 199 Å². The quantitative estimate of drug-likeness (QED) is 0.539. The maximum Gasteiger partial charge on any atom is 0.261 e. The Hall–Kier alpha value is -3.77. The summed E-state index contributed by atoms with van der Waals surface area (Å²) in [5, 5.41) is 2.93. The van der Waals surface area contributed by atoms with E-state index < -0.39 is 0 Å². The van der Waals surface area contributed by atoms with Crippen molar-refractivity contribution in [2.45, 2.75) is 25.8 Å². The van der Waals surface area contributed by atoms with Crippen molar-refractivity contribution in [1.82, 2.24) is 9.80 Å². The van der Waals surface area contributed by atoms with E-state index in [0.29, 0.717) is 16.7 Å². The third-order valence-corrected chi connectivity index (χ3v) is 6.56. The first-order valence-corrected chi connectivity index (χ1v) is 11.8. The van der Waals surface area contributed by atoms with E-state index >= 15 is 0 Å². The van der Waals surface area contributed by atoms with Crippen LogP contribution in [0.25, 0.3) is 0 Å². The van der Waals surface area contributed by atoms with Gasteiger partial charge in [0.25, 0.3) is 17.7 Å². The van der Waals surface area contributed by atoms with Crippen LogP contribution in [0.2, 0.25) is 0 Å². The van der Waals surface area contributed by atoms with E-state index in [4.69, 9.17) is 0 Å². The van der Waals surface area contributed by atoms with Gasteiger partial charge < -0.3 is 10.2 Å². The number of hydrogen-bond acceptors (Lipinski definition) is 4. The van der Waals surface area contributed by atoms with E-state index in [0.717, 1.165) is 24.2 Å². The van der Waals surface area contributed by atoms with Crippen molar-refractivity contribution in [3.8, 4) is 0 Å². The van der Waals surface area contributed by atoms with Gasteiger partial charge in [0.2, 0.25) is 0 Å². The zero-order valence-corrected chi connectivity index (χ0v) is 19.0. The Morgan fingerprint density at radius 3 is 1.97 bits per heavy atom. The topological polar surface area (TPSA) is 69.7 Å². The number of nitrogens with one attached hydrogen (secondary N) is 1. The van der Waals surface area contributed by atoms with Crippen molar-refractivity contribution in [3.63, 3.8) is 0 Å². The molecule has 3 aromatic rings. The molecule has 2 aliphatic heterocycles. The number of fused-ring (bicyclic) bond motifs is 1. The first-order valence-electron chi connectivity index (χ1n) is 11.8. The highest BCUT2D eigenvalue weighted by atomic mass is 16.2. The Bertz CT molecular complexity index is 1180. The fourth-order valence-electron chi connectivity index (χ4n) is 4.58. The van der Waals surface area contributed by atoms with E-state index in [9.17, 15) is 14.4 Å². The average Bonchev–Trinajstić information content (AvgIpc) is 3.47. The minimum Gasteiger partial charge on any atom is -0.322 e. The lowest BCUT2D eigenvalue weighted by atomic mass is 10.1. The van der Waals surface area contributed by atoms with Gasteiger partial charge in [-0.3, -0.25) is 19.3 Å². The predicted octanol–water partition coefficient (Wildman–Crippen LogP) is 4.37. The van der Waals surface area contributed by atoms with Crippen molar-refractivity contribution < 1.29 is 14.4 Å². The van der Waals surface area contributed by atoms with Gasteiger partial charge in [-0.1, -0.05) is 36.4 Å². The highest BCUT2D eigenvalue weighted by Gasteiger charge is 2.34. The molecule has 0 saturated carbocycles. The van der Waals surface area contributed by atoms with E-state index in [1.165, 1.54) is 36.4 Å². The van der Waals surface area contributed by atoms with Crippen LogP contribution in [0.15, 0.2) is 72.8 Å². The molecule has 1 fully saturated rings. The number of nitrogens with zero attached hydrogens (tertiary/aromatic N) is 2. The van der Waals surface area contributed by atoms with Crippen molar-refractivity contribution in [1.29, 1.82) is 0 Å². The lowest BCUT2D eigenvalue weighted by Crippen LogP contribution is -2.29. The summed E-state index contributed by atoms with van der Waals surface area (Å²) in [6.07, 6.45) is 3.62. The molecule has 172 valence electrons. The van der Waals surface area contributed by atoms with Gasteiger partial charge in [-0.2, -0.15) is 0 Å². The van der Waals surface area contributed by atoms with Gasteiger partial charge in [-0.05, 0) is 79.9 Å². The number of anilines is 1. The second kappa shape index (κ2) is 9.61. The maximum atomic E-state index is 12.7. The molecule has 0 spiro atoms. The van der Waals surface area contributed by atoms with Crippen LogP contribution >= 0.6 is 0 Å². The van der Waals surface area contributed by atoms with Crippen molar-refractivity contribution in [2.75, 3.05) is 25.0 Å². The molecule has 2 heterocycles. The SMILES string of the molecule is O=C(Nc1ccc(CCN2CCCC2)cc1)c1ccc(CN2C(=O)c3ccccc3C2=O)cc1. The molecule has 1 saturated heterocycles. The van der Waals surface area contributed by atoms with Gasteiger partial charge in [0.05, 0.1) is 17.7 Å². The molecule has 2 aliphatic rings. The van der Waals surface area contributed by atoms with Crippen LogP contribution in [0, 0.1) is 0 Å². The van der Waals surface area contributed by atoms with Crippen molar-refractivity contribution in [2.24, 2.45) is 0 Å². The molecule has 0 radical (unpaired) electrons. The van der Waals surface area contributed by atoms with E-state index in [-0.39, 0.29) is 24.3 Å². The molecule has 0 aromatic heterocycles. The Kier molecular flexibility index (Phi) is 6.23. The summed E-state index contributed by atoms with van der Waals surface area (Å²) < 4.78 is 0. The van der Waals surface area contributed by atoms with E-state index in [2.05, 4.69) is 22.3 Å². The van der Waals surface area contributed by atoms with Crippen LogP contribution in [-0.4, -0.2) is 47.2 Å². The van der Waals surface area contributed by atoms with Crippen molar-refractivity contribution in [3.05, 3.63) is 101 Å². The molecule has 5 rings (SSSR count). The third-order valence-electron chi connectivity index (χ3n) is 6.56. The Balaban J connectivity index is 1.16. The number of carbonyl (C=O) groups is 3. The number of imide groups is 1. The molecule has 6 nitrogen and oxygen atoms in total. The number of hydrogen-bond donors (Lipinski definition) is 1. The van der Waals surface area contributed by atoms with Crippen LogP contribution in [0.3, 0.4) is 0 Å². The van der Waals surface area contributed by atoms with Crippen LogP contribution in [0.1, 0.15) is 55.0 Å². The third kappa shape index (κ3) is 4.63. The molecule has 0 aliphatic carbocycles. The lowest BCUT2D eigenvalue weighted by Gasteiger charge is -2.14. The normalized spacial score (nSPS) is 15.6. The fraction of sp³-hybridized carbons (Fsp3) is 0.250. The second-order valence-electron chi connectivity index (χ2n) is 8.89. The van der Waals surface area contributed by atoms with Gasteiger partial charge in [0.15, 0.2) is 0 Å². The highest BCUT2D eigenvalue weighted by molar-refractivity contribution is 6.21. The smallest absolute Gasteiger partial charge is 0.261 e. The summed E-state index contributed by atoms with van der Waals surface area (Å²) in [5.41, 5.74) is 4.20. The molecule has 6 heteroatoms. The first-order chi connectivity index (χ1) is 16.6. The van der Waals surface area contributed by atoms with Crippen LogP contribution in [0.5, 0.6) is 0 Å². The standard InChI is InChI=1S/C28H27N3O3/c32-26(29-23-13-9-20(10-14-23)15-18-30-16-3-4-17-30)22-11-7-21(8-12-22)19-31-27(33)24-5-1-2-6-25(24)28(31)34/h1-2,5-14H,3-4,15-19H2,(H,29,32). The van der Waals surface area contributed by atoms with Crippen LogP contribution in [-0.2, 0) is 13.0 Å². The molecule has 3 aromatic carbocycles. The molecule has 0 atom stereocenters. The van der Waals surface area contributed by atoms with Gasteiger partial charge in [-0.25, -0.2) is 0 Å². The summed E-state index contributed by atoms with van der Waals surface area (Å²) in [6.45, 7) is 3.66. The first kappa shape index (κ1) is 22.0. The molecule has 3 amide bonds. The molecule has 0 unspecified atom stereocenters. The summed E-state index contributed by atoms with van der Waals surface area (Å²) in [5.74, 6) is -0.769. The summed E-state index contributed by atoms with van der Waals surface area (Å²) in [6, 6.07) is 21.8. The fourth-order valence-corrected chi connectivity index (χ4v) is 4.58. The molecular weight excluding hydrogens is 426 g/mol. The van der Waals surface area contributed by atoms with Crippen LogP contribution < -0.4 is 5.32 Å². The van der Waals surface area contributed by atoms with Crippen molar-refractivity contribution >= 4 is 23.4 Å². The predicted molar refractivity (Wildman–Crippen MR) is 131 cm³/mol. The summed E-state index contributed by atoms with van der Waals surface area (Å²) in [4.78, 5) is 41.5. The molecule has 1 N–H and O–H groups in total. The molecular formula is C28H27N3O3. The molecule has 34 heavy (non-hydrogen) atoms. The minimum absolute atomic E-state index is 0.174. The number of amides is 3. The number of benzene rings is 3. The van der Waals surface area contributed by atoms with E-state index in [1.54, 1.807) is 48.5 Å². The zero-order valence-electron chi connectivity index (χ0n) is 19.0. The van der Waals surface area contributed by atoms with E-state index in [1.807, 2.05) is 12.1 Å². The maximum absolute atomic E-state index is 12.7. The number of carbonyl (C=O) groups excluding carboxylic acids is 3. The minimum atomic E-state index is -0.286. The monoisotopic (exact) mass is 453 g/mol. The van der Waals surface area contributed by atoms with Gasteiger partial charge in [0, 0.05) is 17.8 Å². The zero-order chi connectivity index (χ0) is 23.5. The average molecular weight is 454 g/mol. The summed E-state index contributed by atoms with van der Waals surface area (Å²) >= 11 is 0. The second-order valence-corrected chi connectivity index (χ2v) is 8.89. The lowest BCUT2D eigenvalue weighted by molar-refractivity contribution is 0.0642. The molecule has 0 bridgehead atoms. The van der Waals surface area contributed by atoms with Gasteiger partial charge >= 0.3 is 0 Å². The van der Waals surface area contributed by atoms with Gasteiger partial charge in [0.1, 0.15) is 0 Å². The Morgan fingerprint density at radius 1 is 0.765 bits per heavy atom. The highest BCUT2D eigenvalue weighted by Crippen LogP contribution is 2.24. The van der Waals surface area contributed by atoms with Gasteiger partial charge in [-0.15, -0.1) is 0 Å². The largest absolute Gasteiger partial charge is 0.322 e. The van der Waals surface area contributed by atoms with Crippen LogP contribution in [0.4, 0.5) is 5.69 Å². The number of rotatable bonds is 7.